The molecule has 1 unspecified atom stereocenters. The molecule has 0 spiro atoms. The molecule has 0 aliphatic carbocycles. The predicted octanol–water partition coefficient (Wildman–Crippen LogP) is 2.99. The Morgan fingerprint density at radius 1 is 1.14 bits per heavy atom. The van der Waals surface area contributed by atoms with E-state index >= 15 is 0 Å². The second-order valence-corrected chi connectivity index (χ2v) is 6.12. The van der Waals surface area contributed by atoms with Gasteiger partial charge in [-0.1, -0.05) is 46.3 Å². The first-order valence-electron chi connectivity index (χ1n) is 7.83. The Balaban J connectivity index is 2.83. The van der Waals surface area contributed by atoms with E-state index in [1.54, 1.807) is 0 Å². The highest BCUT2D eigenvalue weighted by Gasteiger charge is 2.27. The van der Waals surface area contributed by atoms with E-state index < -0.39 is 0 Å². The minimum atomic E-state index is 0.0670. The second-order valence-electron chi connectivity index (χ2n) is 5.56. The summed E-state index contributed by atoms with van der Waals surface area (Å²) in [4.78, 5) is 11.8. The van der Waals surface area contributed by atoms with Crippen LogP contribution in [0, 0.1) is 0 Å². The molecule has 118 valence electrons. The molecular formula is C17H28BrN2O+. The Hall–Kier alpha value is -0.870. The zero-order valence-corrected chi connectivity index (χ0v) is 15.0. The molecule has 1 aromatic rings. The van der Waals surface area contributed by atoms with Gasteiger partial charge in [-0.05, 0) is 32.8 Å². The Morgan fingerprint density at radius 2 is 1.71 bits per heavy atom. The maximum absolute atomic E-state index is 11.8. The second kappa shape index (κ2) is 9.21. The van der Waals surface area contributed by atoms with E-state index in [0.717, 1.165) is 37.1 Å². The molecule has 1 amide bonds. The Labute approximate surface area is 137 Å². The maximum atomic E-state index is 11.8. The number of rotatable bonds is 9. The summed E-state index contributed by atoms with van der Waals surface area (Å²) in [5, 5.41) is 3.54. The van der Waals surface area contributed by atoms with Gasteiger partial charge in [-0.3, -0.25) is 4.79 Å². The van der Waals surface area contributed by atoms with E-state index in [1.807, 2.05) is 6.07 Å². The molecule has 0 bridgehead atoms. The Bertz CT molecular complexity index is 410. The van der Waals surface area contributed by atoms with Gasteiger partial charge in [-0.2, -0.15) is 0 Å². The van der Waals surface area contributed by atoms with Crippen molar-refractivity contribution in [1.82, 2.24) is 5.32 Å². The van der Waals surface area contributed by atoms with Crippen LogP contribution >= 0.6 is 15.9 Å². The van der Waals surface area contributed by atoms with E-state index in [-0.39, 0.29) is 11.9 Å². The van der Waals surface area contributed by atoms with Gasteiger partial charge in [-0.15, -0.1) is 0 Å². The summed E-state index contributed by atoms with van der Waals surface area (Å²) in [7, 11) is 0. The van der Waals surface area contributed by atoms with E-state index in [0.29, 0.717) is 5.33 Å². The lowest BCUT2D eigenvalue weighted by molar-refractivity contribution is -0.924. The fourth-order valence-electron chi connectivity index (χ4n) is 2.85. The molecule has 0 heterocycles. The van der Waals surface area contributed by atoms with Crippen molar-refractivity contribution in [1.29, 1.82) is 0 Å². The zero-order valence-electron chi connectivity index (χ0n) is 13.4. The SMILES string of the molecule is CC[N+](CC)(CC)CC(Cc1ccccc1)NC(=O)CBr. The largest absolute Gasteiger partial charge is 0.347 e. The van der Waals surface area contributed by atoms with E-state index in [9.17, 15) is 4.79 Å². The molecule has 1 N–H and O–H groups in total. The first-order valence-corrected chi connectivity index (χ1v) is 8.95. The van der Waals surface area contributed by atoms with Crippen molar-refractivity contribution in [3.05, 3.63) is 35.9 Å². The van der Waals surface area contributed by atoms with Gasteiger partial charge in [0.25, 0.3) is 0 Å². The minimum Gasteiger partial charge on any atom is -0.347 e. The Kier molecular flexibility index (Phi) is 7.97. The highest BCUT2D eigenvalue weighted by molar-refractivity contribution is 9.09. The van der Waals surface area contributed by atoms with Crippen molar-refractivity contribution >= 4 is 21.8 Å². The molecule has 0 saturated heterocycles. The molecule has 3 nitrogen and oxygen atoms in total. The van der Waals surface area contributed by atoms with Crippen LogP contribution in [0.3, 0.4) is 0 Å². The van der Waals surface area contributed by atoms with Gasteiger partial charge >= 0.3 is 0 Å². The molecule has 0 fully saturated rings. The zero-order chi connectivity index (χ0) is 15.7. The summed E-state index contributed by atoms with van der Waals surface area (Å²) in [6.07, 6.45) is 0.888. The fraction of sp³-hybridized carbons (Fsp3) is 0.588. The highest BCUT2D eigenvalue weighted by Crippen LogP contribution is 2.11. The van der Waals surface area contributed by atoms with Crippen molar-refractivity contribution in [3.8, 4) is 0 Å². The quantitative estimate of drug-likeness (QED) is 0.535. The summed E-state index contributed by atoms with van der Waals surface area (Å²) < 4.78 is 1.04. The molecule has 0 aliphatic heterocycles. The van der Waals surface area contributed by atoms with Gasteiger partial charge in [0.1, 0.15) is 0 Å². The number of nitrogens with one attached hydrogen (secondary N) is 1. The van der Waals surface area contributed by atoms with Crippen LogP contribution in [0.2, 0.25) is 0 Å². The monoisotopic (exact) mass is 355 g/mol. The van der Waals surface area contributed by atoms with Gasteiger partial charge in [0, 0.05) is 0 Å². The van der Waals surface area contributed by atoms with Crippen molar-refractivity contribution in [2.24, 2.45) is 0 Å². The summed E-state index contributed by atoms with van der Waals surface area (Å²) in [5.74, 6) is 0.0670. The van der Waals surface area contributed by atoms with E-state index in [4.69, 9.17) is 0 Å². The highest BCUT2D eigenvalue weighted by atomic mass is 79.9. The van der Waals surface area contributed by atoms with Gasteiger partial charge in [0.05, 0.1) is 37.6 Å². The smallest absolute Gasteiger partial charge is 0.231 e. The van der Waals surface area contributed by atoms with Crippen molar-refractivity contribution in [2.45, 2.75) is 33.2 Å². The topological polar surface area (TPSA) is 29.1 Å². The Morgan fingerprint density at radius 3 is 2.19 bits per heavy atom. The molecule has 4 heteroatoms. The molecular weight excluding hydrogens is 328 g/mol. The fourth-order valence-corrected chi connectivity index (χ4v) is 3.01. The molecule has 1 atom stereocenters. The van der Waals surface area contributed by atoms with Crippen LogP contribution < -0.4 is 5.32 Å². The summed E-state index contributed by atoms with van der Waals surface area (Å²) in [6.45, 7) is 11.0. The third-order valence-electron chi connectivity index (χ3n) is 4.43. The number of amides is 1. The molecule has 0 aliphatic rings. The lowest BCUT2D eigenvalue weighted by Crippen LogP contribution is -2.56. The molecule has 21 heavy (non-hydrogen) atoms. The number of quaternary nitrogens is 1. The molecule has 0 aromatic heterocycles. The average molecular weight is 356 g/mol. The first kappa shape index (κ1) is 18.2. The number of carbonyl (C=O) groups excluding carboxylic acids is 1. The first-order chi connectivity index (χ1) is 10.1. The summed E-state index contributed by atoms with van der Waals surface area (Å²) in [5.41, 5.74) is 1.28. The normalized spacial score (nSPS) is 13.0. The van der Waals surface area contributed by atoms with Crippen LogP contribution in [0.5, 0.6) is 0 Å². The number of likely N-dealkylation sites (N-methyl/N-ethyl adjacent to an activating group) is 1. The lowest BCUT2D eigenvalue weighted by atomic mass is 10.0. The number of hydrogen-bond donors (Lipinski definition) is 1. The minimum absolute atomic E-state index is 0.0670. The number of benzene rings is 1. The van der Waals surface area contributed by atoms with Gasteiger partial charge in [-0.25, -0.2) is 0 Å². The van der Waals surface area contributed by atoms with Crippen molar-refractivity contribution < 1.29 is 9.28 Å². The number of nitrogens with zero attached hydrogens (tertiary/aromatic N) is 1. The predicted molar refractivity (Wildman–Crippen MR) is 92.6 cm³/mol. The van der Waals surface area contributed by atoms with E-state index in [2.05, 4.69) is 66.3 Å². The molecule has 0 radical (unpaired) electrons. The number of carbonyl (C=O) groups is 1. The van der Waals surface area contributed by atoms with Crippen LogP contribution in [0.25, 0.3) is 0 Å². The maximum Gasteiger partial charge on any atom is 0.231 e. The third-order valence-corrected chi connectivity index (χ3v) is 4.94. The summed E-state index contributed by atoms with van der Waals surface area (Å²) in [6, 6.07) is 10.6. The molecule has 1 aromatic carbocycles. The van der Waals surface area contributed by atoms with E-state index in [1.165, 1.54) is 5.56 Å². The molecule has 0 saturated carbocycles. The standard InChI is InChI=1S/C17H27BrN2O/c1-4-20(5-2,6-3)14-16(19-17(21)13-18)12-15-10-8-7-9-11-15/h7-11,16H,4-6,12-14H2,1-3H3/p+1. The van der Waals surface area contributed by atoms with Crippen molar-refractivity contribution in [3.63, 3.8) is 0 Å². The van der Waals surface area contributed by atoms with Crippen LogP contribution in [0.4, 0.5) is 0 Å². The van der Waals surface area contributed by atoms with Gasteiger partial charge < -0.3 is 9.80 Å². The average Bonchev–Trinajstić information content (AvgIpc) is 2.53. The number of hydrogen-bond acceptors (Lipinski definition) is 1. The van der Waals surface area contributed by atoms with Crippen molar-refractivity contribution in [2.75, 3.05) is 31.5 Å². The van der Waals surface area contributed by atoms with Crippen LogP contribution in [0.1, 0.15) is 26.3 Å². The number of alkyl halides is 1. The van der Waals surface area contributed by atoms with Crippen LogP contribution in [0.15, 0.2) is 30.3 Å². The van der Waals surface area contributed by atoms with Crippen LogP contribution in [-0.2, 0) is 11.2 Å². The lowest BCUT2D eigenvalue weighted by Gasteiger charge is -2.39. The third kappa shape index (κ3) is 5.79. The molecule has 1 rings (SSSR count). The number of halogens is 1. The van der Waals surface area contributed by atoms with Gasteiger partial charge in [0.2, 0.25) is 5.91 Å². The summed E-state index contributed by atoms with van der Waals surface area (Å²) >= 11 is 3.24. The van der Waals surface area contributed by atoms with Crippen LogP contribution in [-0.4, -0.2) is 47.9 Å². The van der Waals surface area contributed by atoms with Gasteiger partial charge in [0.15, 0.2) is 0 Å².